The number of methoxy groups -OCH3 is 2. The number of hydrogen-bond donors (Lipinski definition) is 0. The van der Waals surface area contributed by atoms with Crippen LogP contribution in [0.3, 0.4) is 0 Å². The topological polar surface area (TPSA) is 89.9 Å². The summed E-state index contributed by atoms with van der Waals surface area (Å²) < 4.78 is 16.8. The van der Waals surface area contributed by atoms with E-state index in [2.05, 4.69) is 14.9 Å². The Labute approximate surface area is 184 Å². The van der Waals surface area contributed by atoms with Crippen LogP contribution in [0.5, 0.6) is 11.9 Å². The first-order chi connectivity index (χ1) is 15.2. The monoisotopic (exact) mass is 443 g/mol. The van der Waals surface area contributed by atoms with Crippen molar-refractivity contribution in [3.05, 3.63) is 36.0 Å². The lowest BCUT2D eigenvalue weighted by atomic mass is 10.3. The molecule has 0 atom stereocenters. The van der Waals surface area contributed by atoms with Crippen LogP contribution in [0.15, 0.2) is 30.3 Å². The van der Waals surface area contributed by atoms with Crippen molar-refractivity contribution in [1.82, 2.24) is 19.9 Å². The normalized spacial score (nSPS) is 14.5. The first-order valence-electron chi connectivity index (χ1n) is 10.1. The molecule has 2 aromatic heterocycles. The molecular weight excluding hydrogens is 418 g/mol. The number of rotatable bonds is 8. The number of thiazole rings is 1. The molecule has 164 valence electrons. The SMILES string of the molecule is COc1cc(C(=O)N(CCCN2CCOCC2)c2nc3ccccc3s2)nc(OC)n1. The first-order valence-corrected chi connectivity index (χ1v) is 10.9. The van der Waals surface area contributed by atoms with Crippen LogP contribution in [0.4, 0.5) is 5.13 Å². The Hall–Kier alpha value is -2.82. The van der Waals surface area contributed by atoms with Crippen LogP contribution in [0.25, 0.3) is 10.2 Å². The lowest BCUT2D eigenvalue weighted by Crippen LogP contribution is -2.39. The molecule has 3 heterocycles. The molecule has 0 bridgehead atoms. The summed E-state index contributed by atoms with van der Waals surface area (Å²) in [6.07, 6.45) is 0.807. The quantitative estimate of drug-likeness (QED) is 0.525. The van der Waals surface area contributed by atoms with Gasteiger partial charge in [-0.05, 0) is 18.6 Å². The van der Waals surface area contributed by atoms with Crippen LogP contribution in [0.1, 0.15) is 16.9 Å². The largest absolute Gasteiger partial charge is 0.481 e. The number of aromatic nitrogens is 3. The van der Waals surface area contributed by atoms with Crippen molar-refractivity contribution in [3.8, 4) is 11.9 Å². The zero-order valence-electron chi connectivity index (χ0n) is 17.6. The molecule has 1 saturated heterocycles. The number of carbonyl (C=O) groups excluding carboxylic acids is 1. The van der Waals surface area contributed by atoms with Crippen molar-refractivity contribution < 1.29 is 19.0 Å². The van der Waals surface area contributed by atoms with Crippen molar-refractivity contribution in [1.29, 1.82) is 0 Å². The van der Waals surface area contributed by atoms with Gasteiger partial charge in [0.15, 0.2) is 5.13 Å². The second kappa shape index (κ2) is 9.99. The minimum atomic E-state index is -0.264. The van der Waals surface area contributed by atoms with Gasteiger partial charge in [0, 0.05) is 32.2 Å². The number of ether oxygens (including phenoxy) is 3. The van der Waals surface area contributed by atoms with E-state index in [0.29, 0.717) is 11.7 Å². The Balaban J connectivity index is 1.60. The van der Waals surface area contributed by atoms with E-state index in [0.717, 1.165) is 49.5 Å². The van der Waals surface area contributed by atoms with Gasteiger partial charge in [-0.25, -0.2) is 4.98 Å². The second-order valence-corrected chi connectivity index (χ2v) is 8.02. The Kier molecular flexibility index (Phi) is 6.90. The molecule has 0 radical (unpaired) electrons. The van der Waals surface area contributed by atoms with Gasteiger partial charge >= 0.3 is 6.01 Å². The van der Waals surface area contributed by atoms with Gasteiger partial charge in [0.25, 0.3) is 5.91 Å². The molecule has 1 aliphatic rings. The number of benzene rings is 1. The summed E-state index contributed by atoms with van der Waals surface area (Å²) in [5.74, 6) is 0.00722. The van der Waals surface area contributed by atoms with E-state index in [1.165, 1.54) is 31.6 Å². The number of para-hydroxylation sites is 1. The zero-order valence-corrected chi connectivity index (χ0v) is 18.4. The molecule has 0 N–H and O–H groups in total. The molecule has 1 fully saturated rings. The standard InChI is InChI=1S/C21H25N5O4S/c1-28-18-14-16(22-20(24-18)29-2)19(27)26(9-5-8-25-10-12-30-13-11-25)21-23-15-6-3-4-7-17(15)31-21/h3-4,6-7,14H,5,8-13H2,1-2H3. The van der Waals surface area contributed by atoms with Crippen LogP contribution in [-0.4, -0.2) is 79.4 Å². The molecule has 0 unspecified atom stereocenters. The molecule has 1 amide bonds. The van der Waals surface area contributed by atoms with Crippen molar-refractivity contribution in [2.45, 2.75) is 6.42 Å². The van der Waals surface area contributed by atoms with Gasteiger partial charge < -0.3 is 14.2 Å². The van der Waals surface area contributed by atoms with E-state index in [4.69, 9.17) is 19.2 Å². The molecule has 4 rings (SSSR count). The predicted molar refractivity (Wildman–Crippen MR) is 118 cm³/mol. The van der Waals surface area contributed by atoms with Gasteiger partial charge in [0.2, 0.25) is 5.88 Å². The average Bonchev–Trinajstić information content (AvgIpc) is 3.25. The number of anilines is 1. The molecule has 0 aliphatic carbocycles. The maximum atomic E-state index is 13.5. The maximum Gasteiger partial charge on any atom is 0.320 e. The van der Waals surface area contributed by atoms with Crippen LogP contribution >= 0.6 is 11.3 Å². The molecule has 1 aromatic carbocycles. The van der Waals surface area contributed by atoms with Crippen LogP contribution in [0, 0.1) is 0 Å². The van der Waals surface area contributed by atoms with E-state index < -0.39 is 0 Å². The molecule has 31 heavy (non-hydrogen) atoms. The van der Waals surface area contributed by atoms with Gasteiger partial charge in [0.05, 0.1) is 37.6 Å². The third-order valence-electron chi connectivity index (χ3n) is 5.01. The molecular formula is C21H25N5O4S. The third-order valence-corrected chi connectivity index (χ3v) is 6.07. The van der Waals surface area contributed by atoms with Crippen LogP contribution in [-0.2, 0) is 4.74 Å². The minimum absolute atomic E-state index is 0.0836. The molecule has 10 heteroatoms. The number of nitrogens with zero attached hydrogens (tertiary/aromatic N) is 5. The van der Waals surface area contributed by atoms with Gasteiger partial charge in [-0.15, -0.1) is 0 Å². The lowest BCUT2D eigenvalue weighted by Gasteiger charge is -2.27. The molecule has 9 nitrogen and oxygen atoms in total. The fourth-order valence-electron chi connectivity index (χ4n) is 3.38. The van der Waals surface area contributed by atoms with Gasteiger partial charge in [0.1, 0.15) is 5.69 Å². The number of hydrogen-bond acceptors (Lipinski definition) is 9. The fraction of sp³-hybridized carbons (Fsp3) is 0.429. The van der Waals surface area contributed by atoms with Crippen molar-refractivity contribution in [2.75, 3.05) is 58.5 Å². The second-order valence-electron chi connectivity index (χ2n) is 7.01. The number of amides is 1. The highest BCUT2D eigenvalue weighted by Crippen LogP contribution is 2.30. The first kappa shape index (κ1) is 21.4. The molecule has 1 aliphatic heterocycles. The number of morpholine rings is 1. The van der Waals surface area contributed by atoms with Crippen LogP contribution in [0.2, 0.25) is 0 Å². The predicted octanol–water partition coefficient (Wildman–Crippen LogP) is 2.47. The Morgan fingerprint density at radius 1 is 1.16 bits per heavy atom. The minimum Gasteiger partial charge on any atom is -0.481 e. The Morgan fingerprint density at radius 3 is 2.71 bits per heavy atom. The van der Waals surface area contributed by atoms with Crippen molar-refractivity contribution in [3.63, 3.8) is 0 Å². The zero-order chi connectivity index (χ0) is 21.6. The van der Waals surface area contributed by atoms with E-state index in [1.54, 1.807) is 4.90 Å². The van der Waals surface area contributed by atoms with E-state index >= 15 is 0 Å². The highest BCUT2D eigenvalue weighted by molar-refractivity contribution is 7.22. The van der Waals surface area contributed by atoms with E-state index in [1.807, 2.05) is 24.3 Å². The third kappa shape index (κ3) is 5.09. The smallest absolute Gasteiger partial charge is 0.320 e. The number of fused-ring (bicyclic) bond motifs is 1. The lowest BCUT2D eigenvalue weighted by molar-refractivity contribution is 0.0376. The van der Waals surface area contributed by atoms with E-state index in [9.17, 15) is 4.79 Å². The van der Waals surface area contributed by atoms with Crippen molar-refractivity contribution in [2.24, 2.45) is 0 Å². The fourth-order valence-corrected chi connectivity index (χ4v) is 4.37. The van der Waals surface area contributed by atoms with Crippen molar-refractivity contribution >= 4 is 32.6 Å². The summed E-state index contributed by atoms with van der Waals surface area (Å²) in [6.45, 7) is 4.73. The highest BCUT2D eigenvalue weighted by Gasteiger charge is 2.24. The molecule has 0 saturated carbocycles. The Bertz CT molecular complexity index is 982. The molecule has 3 aromatic rings. The van der Waals surface area contributed by atoms with Gasteiger partial charge in [-0.1, -0.05) is 23.5 Å². The summed E-state index contributed by atoms with van der Waals surface area (Å²) in [4.78, 5) is 30.6. The Morgan fingerprint density at radius 2 is 1.97 bits per heavy atom. The summed E-state index contributed by atoms with van der Waals surface area (Å²) in [6, 6.07) is 9.46. The van der Waals surface area contributed by atoms with E-state index in [-0.39, 0.29) is 23.5 Å². The highest BCUT2D eigenvalue weighted by atomic mass is 32.1. The molecule has 0 spiro atoms. The summed E-state index contributed by atoms with van der Waals surface area (Å²) in [5, 5.41) is 0.643. The summed E-state index contributed by atoms with van der Waals surface area (Å²) in [5.41, 5.74) is 1.07. The van der Waals surface area contributed by atoms with Gasteiger partial charge in [-0.2, -0.15) is 9.97 Å². The van der Waals surface area contributed by atoms with Gasteiger partial charge in [-0.3, -0.25) is 14.6 Å². The van der Waals surface area contributed by atoms with Crippen LogP contribution < -0.4 is 14.4 Å². The average molecular weight is 444 g/mol. The summed E-state index contributed by atoms with van der Waals surface area (Å²) >= 11 is 1.49. The maximum absolute atomic E-state index is 13.5. The number of carbonyl (C=O) groups is 1. The summed E-state index contributed by atoms with van der Waals surface area (Å²) in [7, 11) is 2.94.